The van der Waals surface area contributed by atoms with Gasteiger partial charge in [-0.25, -0.2) is 4.98 Å². The van der Waals surface area contributed by atoms with Crippen molar-refractivity contribution < 1.29 is 9.53 Å². The highest BCUT2D eigenvalue weighted by Gasteiger charge is 2.24. The number of anilines is 2. The van der Waals surface area contributed by atoms with Gasteiger partial charge in [0.15, 0.2) is 5.13 Å². The predicted octanol–water partition coefficient (Wildman–Crippen LogP) is 1.31. The van der Waals surface area contributed by atoms with E-state index in [9.17, 15) is 4.79 Å². The number of carbonyl (C=O) groups excluding carboxylic acids is 1. The summed E-state index contributed by atoms with van der Waals surface area (Å²) in [6.07, 6.45) is 1.97. The zero-order chi connectivity index (χ0) is 13.8. The molecule has 7 heteroatoms. The fraction of sp³-hybridized carbons (Fsp3) is 0.667. The Bertz CT molecular complexity index is 443. The summed E-state index contributed by atoms with van der Waals surface area (Å²) in [6, 6.07) is 0.121. The van der Waals surface area contributed by atoms with Gasteiger partial charge in [-0.2, -0.15) is 0 Å². The van der Waals surface area contributed by atoms with Crippen LogP contribution in [-0.2, 0) is 4.74 Å². The van der Waals surface area contributed by atoms with Gasteiger partial charge >= 0.3 is 0 Å². The Morgan fingerprint density at radius 2 is 2.21 bits per heavy atom. The highest BCUT2D eigenvalue weighted by Crippen LogP contribution is 2.25. The van der Waals surface area contributed by atoms with Gasteiger partial charge in [0, 0.05) is 26.3 Å². The van der Waals surface area contributed by atoms with E-state index < -0.39 is 0 Å². The second-order valence-corrected chi connectivity index (χ2v) is 5.69. The number of rotatable bonds is 4. The van der Waals surface area contributed by atoms with Crippen LogP contribution >= 0.6 is 11.3 Å². The number of nitrogens with zero attached hydrogens (tertiary/aromatic N) is 1. The van der Waals surface area contributed by atoms with Crippen LogP contribution in [0.1, 0.15) is 29.4 Å². The fourth-order valence-corrected chi connectivity index (χ4v) is 2.95. The van der Waals surface area contributed by atoms with Gasteiger partial charge in [0.05, 0.1) is 0 Å². The first-order valence-electron chi connectivity index (χ1n) is 6.44. The minimum atomic E-state index is -0.143. The largest absolute Gasteiger partial charge is 0.382 e. The average Bonchev–Trinajstić information content (AvgIpc) is 2.81. The summed E-state index contributed by atoms with van der Waals surface area (Å²) < 4.78 is 5.33. The third-order valence-electron chi connectivity index (χ3n) is 3.41. The number of nitrogen functional groups attached to an aromatic ring is 1. The summed E-state index contributed by atoms with van der Waals surface area (Å²) in [5.74, 6) is 0.608. The van der Waals surface area contributed by atoms with Crippen molar-refractivity contribution in [2.75, 3.05) is 31.3 Å². The van der Waals surface area contributed by atoms with Gasteiger partial charge < -0.3 is 21.1 Å². The van der Waals surface area contributed by atoms with Crippen LogP contribution in [0, 0.1) is 5.92 Å². The van der Waals surface area contributed by atoms with Crippen LogP contribution in [0.5, 0.6) is 0 Å². The number of carbonyl (C=O) groups is 1. The van der Waals surface area contributed by atoms with Crippen molar-refractivity contribution in [3.63, 3.8) is 0 Å². The Kier molecular flexibility index (Phi) is 4.60. The molecule has 0 bridgehead atoms. The number of amides is 1. The molecule has 2 rings (SSSR count). The molecule has 0 radical (unpaired) electrons. The van der Waals surface area contributed by atoms with Gasteiger partial charge in [0.2, 0.25) is 0 Å². The van der Waals surface area contributed by atoms with Gasteiger partial charge in [-0.05, 0) is 25.7 Å². The Labute approximate surface area is 116 Å². The van der Waals surface area contributed by atoms with Crippen LogP contribution in [-0.4, -0.2) is 37.2 Å². The summed E-state index contributed by atoms with van der Waals surface area (Å²) in [6.45, 7) is 3.58. The smallest absolute Gasteiger partial charge is 0.265 e. The molecule has 6 nitrogen and oxygen atoms in total. The van der Waals surface area contributed by atoms with Gasteiger partial charge in [0.1, 0.15) is 10.7 Å². The van der Waals surface area contributed by atoms with E-state index in [1.54, 1.807) is 7.05 Å². The first kappa shape index (κ1) is 14.1. The highest BCUT2D eigenvalue weighted by molar-refractivity contribution is 7.18. The molecule has 0 saturated carbocycles. The Morgan fingerprint density at radius 3 is 2.79 bits per heavy atom. The van der Waals surface area contributed by atoms with Crippen LogP contribution in [0.3, 0.4) is 0 Å². The van der Waals surface area contributed by atoms with E-state index in [1.807, 2.05) is 6.92 Å². The molecule has 0 aromatic carbocycles. The molecule has 1 atom stereocenters. The normalized spacial score (nSPS) is 18.0. The first-order chi connectivity index (χ1) is 9.11. The van der Waals surface area contributed by atoms with Crippen LogP contribution < -0.4 is 16.4 Å². The predicted molar refractivity (Wildman–Crippen MR) is 76.5 cm³/mol. The SMILES string of the molecule is CNc1nc(N)c(C(=O)NC(C)C2CCOCC2)s1. The number of nitrogens with two attached hydrogens (primary N) is 1. The van der Waals surface area contributed by atoms with E-state index in [2.05, 4.69) is 15.6 Å². The van der Waals surface area contributed by atoms with Gasteiger partial charge in [-0.15, -0.1) is 0 Å². The second-order valence-electron chi connectivity index (χ2n) is 4.70. The number of thiazole rings is 1. The molecular weight excluding hydrogens is 264 g/mol. The first-order valence-corrected chi connectivity index (χ1v) is 7.26. The zero-order valence-electron chi connectivity index (χ0n) is 11.2. The molecular formula is C12H20N4O2S. The average molecular weight is 284 g/mol. The molecule has 1 aromatic rings. The van der Waals surface area contributed by atoms with Crippen molar-refractivity contribution in [3.05, 3.63) is 4.88 Å². The Hall–Kier alpha value is -1.34. The summed E-state index contributed by atoms with van der Waals surface area (Å²) in [4.78, 5) is 16.7. The molecule has 1 saturated heterocycles. The van der Waals surface area contributed by atoms with Crippen LogP contribution in [0.4, 0.5) is 10.9 Å². The maximum atomic E-state index is 12.2. The quantitative estimate of drug-likeness (QED) is 0.775. The third-order valence-corrected chi connectivity index (χ3v) is 4.49. The van der Waals surface area contributed by atoms with Crippen molar-refractivity contribution in [1.29, 1.82) is 0 Å². The van der Waals surface area contributed by atoms with Crippen LogP contribution in [0.25, 0.3) is 0 Å². The van der Waals surface area contributed by atoms with Gasteiger partial charge in [0.25, 0.3) is 5.91 Å². The number of hydrogen-bond acceptors (Lipinski definition) is 6. The molecule has 4 N–H and O–H groups in total. The number of hydrogen-bond donors (Lipinski definition) is 3. The molecule has 19 heavy (non-hydrogen) atoms. The van der Waals surface area contributed by atoms with Crippen molar-refractivity contribution in [1.82, 2.24) is 10.3 Å². The third kappa shape index (κ3) is 3.36. The monoisotopic (exact) mass is 284 g/mol. The van der Waals surface area contributed by atoms with Crippen molar-refractivity contribution in [3.8, 4) is 0 Å². The molecule has 0 aliphatic carbocycles. The van der Waals surface area contributed by atoms with E-state index in [4.69, 9.17) is 10.5 Å². The minimum absolute atomic E-state index is 0.121. The number of nitrogens with one attached hydrogen (secondary N) is 2. The lowest BCUT2D eigenvalue weighted by atomic mass is 9.93. The van der Waals surface area contributed by atoms with Crippen molar-refractivity contribution in [2.24, 2.45) is 5.92 Å². The van der Waals surface area contributed by atoms with E-state index in [0.29, 0.717) is 15.9 Å². The molecule has 0 spiro atoms. The van der Waals surface area contributed by atoms with Crippen molar-refractivity contribution >= 4 is 28.2 Å². The summed E-state index contributed by atoms with van der Waals surface area (Å²) >= 11 is 1.27. The lowest BCUT2D eigenvalue weighted by Gasteiger charge is -2.28. The van der Waals surface area contributed by atoms with Crippen LogP contribution in [0.2, 0.25) is 0 Å². The van der Waals surface area contributed by atoms with Crippen LogP contribution in [0.15, 0.2) is 0 Å². The summed E-state index contributed by atoms with van der Waals surface area (Å²) in [5, 5.41) is 6.56. The topological polar surface area (TPSA) is 89.3 Å². The maximum absolute atomic E-state index is 12.2. The molecule has 1 amide bonds. The summed E-state index contributed by atoms with van der Waals surface area (Å²) in [5.41, 5.74) is 5.75. The molecule has 2 heterocycles. The molecule has 1 fully saturated rings. The Balaban J connectivity index is 1.97. The van der Waals surface area contributed by atoms with E-state index in [-0.39, 0.29) is 17.8 Å². The number of ether oxygens (including phenoxy) is 1. The van der Waals surface area contributed by atoms with Gasteiger partial charge in [-0.1, -0.05) is 11.3 Å². The summed E-state index contributed by atoms with van der Waals surface area (Å²) in [7, 11) is 1.75. The second kappa shape index (κ2) is 6.21. The minimum Gasteiger partial charge on any atom is -0.382 e. The molecule has 106 valence electrons. The van der Waals surface area contributed by atoms with E-state index >= 15 is 0 Å². The number of aromatic nitrogens is 1. The van der Waals surface area contributed by atoms with E-state index in [1.165, 1.54) is 11.3 Å². The maximum Gasteiger partial charge on any atom is 0.265 e. The molecule has 1 aliphatic heterocycles. The molecule has 1 aromatic heterocycles. The zero-order valence-corrected chi connectivity index (χ0v) is 12.0. The lowest BCUT2D eigenvalue weighted by molar-refractivity contribution is 0.0539. The van der Waals surface area contributed by atoms with Gasteiger partial charge in [-0.3, -0.25) is 4.79 Å². The Morgan fingerprint density at radius 1 is 1.53 bits per heavy atom. The molecule has 1 unspecified atom stereocenters. The highest BCUT2D eigenvalue weighted by atomic mass is 32.1. The molecule has 1 aliphatic rings. The fourth-order valence-electron chi connectivity index (χ4n) is 2.21. The van der Waals surface area contributed by atoms with Crippen molar-refractivity contribution in [2.45, 2.75) is 25.8 Å². The van der Waals surface area contributed by atoms with E-state index in [0.717, 1.165) is 26.1 Å². The standard InChI is InChI=1S/C12H20N4O2S/c1-7(8-3-5-18-6-4-8)15-11(17)9-10(13)16-12(14-2)19-9/h7-8H,3-6,13H2,1-2H3,(H,14,16)(H,15,17). The lowest BCUT2D eigenvalue weighted by Crippen LogP contribution is -2.40.